The SMILES string of the molecule is CC1(CNCc2ccc(S(C)(=O)=O)cc2)COCC1N. The van der Waals surface area contributed by atoms with E-state index in [1.54, 1.807) is 12.1 Å². The highest BCUT2D eigenvalue weighted by atomic mass is 32.2. The second-order valence-corrected chi connectivity index (χ2v) is 7.81. The Labute approximate surface area is 120 Å². The number of nitrogens with two attached hydrogens (primary N) is 1. The minimum Gasteiger partial charge on any atom is -0.379 e. The third-order valence-electron chi connectivity index (χ3n) is 3.83. The number of benzene rings is 1. The summed E-state index contributed by atoms with van der Waals surface area (Å²) < 4.78 is 28.1. The van der Waals surface area contributed by atoms with Gasteiger partial charge in [-0.1, -0.05) is 19.1 Å². The molecular weight excluding hydrogens is 276 g/mol. The molecule has 0 amide bonds. The Morgan fingerprint density at radius 1 is 1.40 bits per heavy atom. The third-order valence-corrected chi connectivity index (χ3v) is 4.96. The summed E-state index contributed by atoms with van der Waals surface area (Å²) in [7, 11) is -3.12. The van der Waals surface area contributed by atoms with Crippen LogP contribution in [-0.2, 0) is 21.1 Å². The summed E-state index contributed by atoms with van der Waals surface area (Å²) in [5.41, 5.74) is 7.04. The maximum atomic E-state index is 11.4. The van der Waals surface area contributed by atoms with E-state index in [0.29, 0.717) is 24.7 Å². The summed E-state index contributed by atoms with van der Waals surface area (Å²) in [6.07, 6.45) is 1.21. The van der Waals surface area contributed by atoms with Crippen LogP contribution in [0.1, 0.15) is 12.5 Å². The molecule has 1 aliphatic heterocycles. The van der Waals surface area contributed by atoms with Crippen LogP contribution in [0.25, 0.3) is 0 Å². The lowest BCUT2D eigenvalue weighted by atomic mass is 9.86. The normalized spacial score (nSPS) is 26.9. The van der Waals surface area contributed by atoms with Gasteiger partial charge in [-0.05, 0) is 17.7 Å². The predicted molar refractivity (Wildman–Crippen MR) is 78.2 cm³/mol. The van der Waals surface area contributed by atoms with Gasteiger partial charge in [-0.25, -0.2) is 8.42 Å². The van der Waals surface area contributed by atoms with Crippen LogP contribution in [0.5, 0.6) is 0 Å². The van der Waals surface area contributed by atoms with E-state index in [-0.39, 0.29) is 11.5 Å². The molecule has 1 heterocycles. The molecule has 0 radical (unpaired) electrons. The molecule has 2 atom stereocenters. The van der Waals surface area contributed by atoms with Crippen molar-refractivity contribution in [2.45, 2.75) is 24.4 Å². The fourth-order valence-corrected chi connectivity index (χ4v) is 2.89. The number of nitrogens with one attached hydrogen (secondary N) is 1. The Morgan fingerprint density at radius 3 is 2.55 bits per heavy atom. The van der Waals surface area contributed by atoms with Crippen LogP contribution < -0.4 is 11.1 Å². The van der Waals surface area contributed by atoms with Crippen molar-refractivity contribution in [3.05, 3.63) is 29.8 Å². The standard InChI is InChI=1S/C14H22N2O3S/c1-14(10-19-8-13(14)15)9-16-7-11-3-5-12(6-4-11)20(2,17)18/h3-6,13,16H,7-10,15H2,1-2H3. The lowest BCUT2D eigenvalue weighted by Crippen LogP contribution is -2.45. The number of rotatable bonds is 5. The van der Waals surface area contributed by atoms with Crippen LogP contribution in [0.4, 0.5) is 0 Å². The van der Waals surface area contributed by atoms with E-state index in [9.17, 15) is 8.42 Å². The van der Waals surface area contributed by atoms with Gasteiger partial charge in [-0.2, -0.15) is 0 Å². The van der Waals surface area contributed by atoms with E-state index < -0.39 is 9.84 Å². The average Bonchev–Trinajstić information content (AvgIpc) is 2.69. The summed E-state index contributed by atoms with van der Waals surface area (Å²) >= 11 is 0. The van der Waals surface area contributed by atoms with Gasteiger partial charge in [0.2, 0.25) is 0 Å². The molecule has 112 valence electrons. The quantitative estimate of drug-likeness (QED) is 0.829. The molecule has 1 fully saturated rings. The molecule has 0 saturated carbocycles. The zero-order valence-corrected chi connectivity index (χ0v) is 12.7. The average molecular weight is 298 g/mol. The highest BCUT2D eigenvalue weighted by Gasteiger charge is 2.37. The van der Waals surface area contributed by atoms with E-state index in [2.05, 4.69) is 12.2 Å². The van der Waals surface area contributed by atoms with Crippen LogP contribution in [0.15, 0.2) is 29.2 Å². The summed E-state index contributed by atoms with van der Waals surface area (Å²) in [6.45, 7) is 4.87. The third kappa shape index (κ3) is 3.58. The molecule has 1 aliphatic rings. The summed E-state index contributed by atoms with van der Waals surface area (Å²) in [4.78, 5) is 0.347. The van der Waals surface area contributed by atoms with E-state index in [0.717, 1.165) is 12.1 Å². The smallest absolute Gasteiger partial charge is 0.175 e. The monoisotopic (exact) mass is 298 g/mol. The van der Waals surface area contributed by atoms with E-state index in [1.165, 1.54) is 6.26 Å². The zero-order valence-electron chi connectivity index (χ0n) is 11.9. The van der Waals surface area contributed by atoms with Crippen LogP contribution >= 0.6 is 0 Å². The van der Waals surface area contributed by atoms with Crippen molar-refractivity contribution in [2.75, 3.05) is 26.0 Å². The molecule has 0 aliphatic carbocycles. The second-order valence-electron chi connectivity index (χ2n) is 5.80. The van der Waals surface area contributed by atoms with Crippen LogP contribution in [0, 0.1) is 5.41 Å². The van der Waals surface area contributed by atoms with Crippen molar-refractivity contribution in [3.8, 4) is 0 Å². The largest absolute Gasteiger partial charge is 0.379 e. The predicted octanol–water partition coefficient (Wildman–Crippen LogP) is 0.544. The number of hydrogen-bond donors (Lipinski definition) is 2. The van der Waals surface area contributed by atoms with Crippen molar-refractivity contribution >= 4 is 9.84 Å². The zero-order chi connectivity index (χ0) is 14.8. The van der Waals surface area contributed by atoms with Gasteiger partial charge in [0.1, 0.15) is 0 Å². The second kappa shape index (κ2) is 5.81. The highest BCUT2D eigenvalue weighted by Crippen LogP contribution is 2.25. The molecule has 0 aromatic heterocycles. The van der Waals surface area contributed by atoms with Crippen LogP contribution in [0.3, 0.4) is 0 Å². The first-order chi connectivity index (χ1) is 9.31. The van der Waals surface area contributed by atoms with Crippen molar-refractivity contribution in [1.82, 2.24) is 5.32 Å². The lowest BCUT2D eigenvalue weighted by molar-refractivity contribution is 0.158. The van der Waals surface area contributed by atoms with Crippen molar-refractivity contribution in [1.29, 1.82) is 0 Å². The molecule has 1 aromatic carbocycles. The molecule has 1 saturated heterocycles. The van der Waals surface area contributed by atoms with Gasteiger partial charge < -0.3 is 15.8 Å². The molecule has 1 aromatic rings. The molecule has 2 unspecified atom stereocenters. The molecule has 0 bridgehead atoms. The number of ether oxygens (including phenoxy) is 1. The van der Waals surface area contributed by atoms with Gasteiger partial charge in [0.25, 0.3) is 0 Å². The van der Waals surface area contributed by atoms with Gasteiger partial charge in [0.15, 0.2) is 9.84 Å². The van der Waals surface area contributed by atoms with Crippen molar-refractivity contribution in [3.63, 3.8) is 0 Å². The van der Waals surface area contributed by atoms with Crippen LogP contribution in [-0.4, -0.2) is 40.5 Å². The number of sulfone groups is 1. The van der Waals surface area contributed by atoms with Gasteiger partial charge in [0, 0.05) is 30.8 Å². The van der Waals surface area contributed by atoms with Crippen molar-refractivity contribution in [2.24, 2.45) is 11.1 Å². The lowest BCUT2D eigenvalue weighted by Gasteiger charge is -2.27. The Hall–Kier alpha value is -0.950. The summed E-state index contributed by atoms with van der Waals surface area (Å²) in [5, 5.41) is 3.36. The maximum Gasteiger partial charge on any atom is 0.175 e. The molecule has 2 rings (SSSR count). The van der Waals surface area contributed by atoms with Crippen LogP contribution in [0.2, 0.25) is 0 Å². The number of hydrogen-bond acceptors (Lipinski definition) is 5. The summed E-state index contributed by atoms with van der Waals surface area (Å²) in [6, 6.07) is 6.99. The first kappa shape index (κ1) is 15.4. The molecule has 0 spiro atoms. The Balaban J connectivity index is 1.89. The molecule has 5 nitrogen and oxygen atoms in total. The Morgan fingerprint density at radius 2 is 2.05 bits per heavy atom. The molecule has 20 heavy (non-hydrogen) atoms. The maximum absolute atomic E-state index is 11.4. The van der Waals surface area contributed by atoms with Gasteiger partial charge in [-0.15, -0.1) is 0 Å². The van der Waals surface area contributed by atoms with Gasteiger partial charge >= 0.3 is 0 Å². The minimum atomic E-state index is -3.12. The fourth-order valence-electron chi connectivity index (χ4n) is 2.26. The van der Waals surface area contributed by atoms with E-state index >= 15 is 0 Å². The van der Waals surface area contributed by atoms with Crippen molar-refractivity contribution < 1.29 is 13.2 Å². The van der Waals surface area contributed by atoms with E-state index in [4.69, 9.17) is 10.5 Å². The molecule has 6 heteroatoms. The first-order valence-electron chi connectivity index (χ1n) is 6.64. The molecule has 3 N–H and O–H groups in total. The fraction of sp³-hybridized carbons (Fsp3) is 0.571. The Bertz CT molecular complexity index is 556. The van der Waals surface area contributed by atoms with Gasteiger partial charge in [0.05, 0.1) is 18.1 Å². The minimum absolute atomic E-state index is 0.0350. The highest BCUT2D eigenvalue weighted by molar-refractivity contribution is 7.90. The topological polar surface area (TPSA) is 81.4 Å². The van der Waals surface area contributed by atoms with Gasteiger partial charge in [-0.3, -0.25) is 0 Å². The first-order valence-corrected chi connectivity index (χ1v) is 8.53. The summed E-state index contributed by atoms with van der Waals surface area (Å²) in [5.74, 6) is 0. The molecular formula is C14H22N2O3S. The Kier molecular flexibility index (Phi) is 4.49. The van der Waals surface area contributed by atoms with E-state index in [1.807, 2.05) is 12.1 Å².